The van der Waals surface area contributed by atoms with E-state index in [4.69, 9.17) is 0 Å². The van der Waals surface area contributed by atoms with Gasteiger partial charge in [-0.1, -0.05) is 11.5 Å². The van der Waals surface area contributed by atoms with E-state index in [2.05, 4.69) is 10.6 Å². The fourth-order valence-electron chi connectivity index (χ4n) is 2.09. The van der Waals surface area contributed by atoms with Crippen LogP contribution < -0.4 is 16.2 Å². The quantitative estimate of drug-likeness (QED) is 0.760. The summed E-state index contributed by atoms with van der Waals surface area (Å²) in [6.45, 7) is 0. The Kier molecular flexibility index (Phi) is 3.11. The van der Waals surface area contributed by atoms with Gasteiger partial charge in [-0.25, -0.2) is 4.79 Å². The van der Waals surface area contributed by atoms with Crippen LogP contribution >= 0.6 is 11.5 Å². The molecule has 1 aliphatic rings. The molecule has 2 N–H and O–H groups in total. The van der Waals surface area contributed by atoms with Crippen LogP contribution in [0.25, 0.3) is 0 Å². The van der Waals surface area contributed by atoms with E-state index in [1.165, 1.54) is 22.5 Å². The maximum atomic E-state index is 12.1. The van der Waals surface area contributed by atoms with E-state index < -0.39 is 0 Å². The maximum absolute atomic E-state index is 12.1. The minimum absolute atomic E-state index is 0.0957. The number of fused-ring (bicyclic) bond motifs is 1. The van der Waals surface area contributed by atoms with Crippen molar-refractivity contribution in [3.05, 3.63) is 20.8 Å². The highest BCUT2D eigenvalue weighted by Crippen LogP contribution is 2.29. The van der Waals surface area contributed by atoms with Gasteiger partial charge in [-0.15, -0.1) is 0 Å². The Labute approximate surface area is 97.6 Å². The fourth-order valence-corrected chi connectivity index (χ4v) is 3.23. The van der Waals surface area contributed by atoms with Crippen molar-refractivity contribution in [3.63, 3.8) is 0 Å². The minimum atomic E-state index is -0.348. The Bertz CT molecular complexity index is 463. The Hall–Kier alpha value is -1.14. The van der Waals surface area contributed by atoms with E-state index in [1.807, 2.05) is 7.05 Å². The average molecular weight is 241 g/mol. The number of nitrogens with one attached hydrogen (secondary N) is 2. The lowest BCUT2D eigenvalue weighted by molar-refractivity contribution is 0.245. The van der Waals surface area contributed by atoms with Crippen molar-refractivity contribution in [2.75, 3.05) is 14.1 Å². The minimum Gasteiger partial charge on any atom is -0.340 e. The van der Waals surface area contributed by atoms with Crippen molar-refractivity contribution in [1.82, 2.24) is 14.6 Å². The SMILES string of the molecule is CNC(=O)n1sc2c(c1=O)C(NC)CCC2. The zero-order valence-electron chi connectivity index (χ0n) is 9.37. The van der Waals surface area contributed by atoms with E-state index in [9.17, 15) is 9.59 Å². The van der Waals surface area contributed by atoms with E-state index in [-0.39, 0.29) is 17.6 Å². The van der Waals surface area contributed by atoms with Crippen LogP contribution in [-0.2, 0) is 6.42 Å². The number of carbonyl (C=O) groups excluding carboxylic acids is 1. The second kappa shape index (κ2) is 4.39. The third-order valence-electron chi connectivity index (χ3n) is 2.91. The molecule has 0 saturated carbocycles. The average Bonchev–Trinajstić information content (AvgIpc) is 2.66. The molecule has 0 saturated heterocycles. The van der Waals surface area contributed by atoms with Crippen molar-refractivity contribution < 1.29 is 4.79 Å². The standard InChI is InChI=1S/C10H15N3O2S/c1-11-6-4-3-5-7-8(6)9(14)13(16-7)10(15)12-2/h6,11H,3-5H2,1-2H3,(H,12,15). The number of aromatic nitrogens is 1. The van der Waals surface area contributed by atoms with Crippen LogP contribution in [0.5, 0.6) is 0 Å². The monoisotopic (exact) mass is 241 g/mol. The van der Waals surface area contributed by atoms with Crippen molar-refractivity contribution in [2.45, 2.75) is 25.3 Å². The van der Waals surface area contributed by atoms with E-state index >= 15 is 0 Å². The number of nitrogens with zero attached hydrogens (tertiary/aromatic N) is 1. The number of rotatable bonds is 1. The molecule has 1 aromatic rings. The summed E-state index contributed by atoms with van der Waals surface area (Å²) in [5, 5.41) is 5.61. The first-order chi connectivity index (χ1) is 7.69. The third kappa shape index (κ3) is 1.68. The molecule has 1 aromatic heterocycles. The molecule has 5 nitrogen and oxygen atoms in total. The summed E-state index contributed by atoms with van der Waals surface area (Å²) in [6, 6.07) is -0.252. The predicted molar refractivity (Wildman–Crippen MR) is 63.2 cm³/mol. The molecule has 0 aliphatic heterocycles. The lowest BCUT2D eigenvalue weighted by Crippen LogP contribution is -2.33. The zero-order chi connectivity index (χ0) is 11.7. The molecule has 1 atom stereocenters. The van der Waals surface area contributed by atoms with Crippen LogP contribution in [0.3, 0.4) is 0 Å². The van der Waals surface area contributed by atoms with Crippen LogP contribution in [0, 0.1) is 0 Å². The number of hydrogen-bond donors (Lipinski definition) is 2. The van der Waals surface area contributed by atoms with Gasteiger partial charge in [-0.05, 0) is 26.3 Å². The Morgan fingerprint density at radius 2 is 2.25 bits per heavy atom. The van der Waals surface area contributed by atoms with Crippen molar-refractivity contribution >= 4 is 17.6 Å². The number of amides is 1. The summed E-state index contributed by atoms with van der Waals surface area (Å²) < 4.78 is 1.21. The molecule has 16 heavy (non-hydrogen) atoms. The van der Waals surface area contributed by atoms with Gasteiger partial charge in [0.25, 0.3) is 5.56 Å². The summed E-state index contributed by atoms with van der Waals surface area (Å²) in [6.07, 6.45) is 2.92. The van der Waals surface area contributed by atoms with E-state index in [0.717, 1.165) is 29.7 Å². The van der Waals surface area contributed by atoms with Crippen molar-refractivity contribution in [3.8, 4) is 0 Å². The third-order valence-corrected chi connectivity index (χ3v) is 4.07. The number of aryl methyl sites for hydroxylation is 1. The van der Waals surface area contributed by atoms with Crippen molar-refractivity contribution in [1.29, 1.82) is 0 Å². The first-order valence-corrected chi connectivity index (χ1v) is 6.10. The molecule has 1 unspecified atom stereocenters. The molecule has 0 radical (unpaired) electrons. The second-order valence-corrected chi connectivity index (χ2v) is 4.86. The molecule has 0 fully saturated rings. The van der Waals surface area contributed by atoms with Gasteiger partial charge in [0.15, 0.2) is 0 Å². The topological polar surface area (TPSA) is 63.1 Å². The van der Waals surface area contributed by atoms with E-state index in [1.54, 1.807) is 0 Å². The summed E-state index contributed by atoms with van der Waals surface area (Å²) in [5.41, 5.74) is 0.612. The molecule has 0 bridgehead atoms. The summed E-state index contributed by atoms with van der Waals surface area (Å²) >= 11 is 1.27. The van der Waals surface area contributed by atoms with Gasteiger partial charge in [0.2, 0.25) is 0 Å². The maximum Gasteiger partial charge on any atom is 0.337 e. The highest BCUT2D eigenvalue weighted by molar-refractivity contribution is 7.07. The molecule has 1 heterocycles. The molecule has 88 valence electrons. The Morgan fingerprint density at radius 1 is 1.50 bits per heavy atom. The summed E-state index contributed by atoms with van der Waals surface area (Å²) in [4.78, 5) is 24.6. The van der Waals surface area contributed by atoms with Crippen molar-refractivity contribution in [2.24, 2.45) is 0 Å². The van der Waals surface area contributed by atoms with Crippen LogP contribution in [0.15, 0.2) is 4.79 Å². The predicted octanol–water partition coefficient (Wildman–Crippen LogP) is 0.694. The molecule has 0 spiro atoms. The molecular formula is C10H15N3O2S. The van der Waals surface area contributed by atoms with Gasteiger partial charge < -0.3 is 10.6 Å². The lowest BCUT2D eigenvalue weighted by atomic mass is 9.94. The van der Waals surface area contributed by atoms with E-state index in [0.29, 0.717) is 0 Å². The molecule has 2 rings (SSSR count). The smallest absolute Gasteiger partial charge is 0.337 e. The fraction of sp³-hybridized carbons (Fsp3) is 0.600. The van der Waals surface area contributed by atoms with Gasteiger partial charge in [-0.3, -0.25) is 4.79 Å². The normalized spacial score (nSPS) is 19.2. The van der Waals surface area contributed by atoms with Crippen LogP contribution in [-0.4, -0.2) is 24.1 Å². The van der Waals surface area contributed by atoms with Gasteiger partial charge in [0.1, 0.15) is 0 Å². The number of hydrogen-bond acceptors (Lipinski definition) is 4. The molecular weight excluding hydrogens is 226 g/mol. The highest BCUT2D eigenvalue weighted by atomic mass is 32.1. The van der Waals surface area contributed by atoms with Gasteiger partial charge >= 0.3 is 6.03 Å². The molecule has 1 aliphatic carbocycles. The summed E-state index contributed by atoms with van der Waals surface area (Å²) in [7, 11) is 3.38. The number of carbonyl (C=O) groups is 1. The van der Waals surface area contributed by atoms with Crippen LogP contribution in [0.2, 0.25) is 0 Å². The van der Waals surface area contributed by atoms with Crippen LogP contribution in [0.1, 0.15) is 29.3 Å². The van der Waals surface area contributed by atoms with Gasteiger partial charge in [-0.2, -0.15) is 3.96 Å². The molecule has 0 aromatic carbocycles. The highest BCUT2D eigenvalue weighted by Gasteiger charge is 2.27. The van der Waals surface area contributed by atoms with Gasteiger partial charge in [0.05, 0.1) is 5.56 Å². The Morgan fingerprint density at radius 3 is 2.88 bits per heavy atom. The first kappa shape index (κ1) is 11.3. The lowest BCUT2D eigenvalue weighted by Gasteiger charge is -2.19. The van der Waals surface area contributed by atoms with Gasteiger partial charge in [0, 0.05) is 18.0 Å². The molecule has 6 heteroatoms. The zero-order valence-corrected chi connectivity index (χ0v) is 10.2. The van der Waals surface area contributed by atoms with Crippen LogP contribution in [0.4, 0.5) is 4.79 Å². The Balaban J connectivity index is 2.51. The second-order valence-electron chi connectivity index (χ2n) is 3.82. The largest absolute Gasteiger partial charge is 0.340 e. The summed E-state index contributed by atoms with van der Waals surface area (Å²) in [5.74, 6) is 0. The first-order valence-electron chi connectivity index (χ1n) is 5.33. The molecule has 1 amide bonds.